The van der Waals surface area contributed by atoms with Gasteiger partial charge in [0.15, 0.2) is 5.82 Å². The maximum Gasteiger partial charge on any atom is 0.417 e. The Balaban J connectivity index is 1.39. The fourth-order valence-electron chi connectivity index (χ4n) is 5.90. The molecule has 0 unspecified atom stereocenters. The Bertz CT molecular complexity index is 2130. The maximum absolute atomic E-state index is 14.2. The second kappa shape index (κ2) is 14.5. The molecule has 3 aromatic carbocycles. The van der Waals surface area contributed by atoms with Crippen LogP contribution in [0.15, 0.2) is 94.5 Å². The lowest BCUT2D eigenvalue weighted by Crippen LogP contribution is -2.47. The van der Waals surface area contributed by atoms with Gasteiger partial charge in [-0.15, -0.1) is 0 Å². The minimum absolute atomic E-state index is 0.0143. The summed E-state index contributed by atoms with van der Waals surface area (Å²) in [6.07, 6.45) is -2.19. The summed E-state index contributed by atoms with van der Waals surface area (Å²) in [6.45, 7) is 3.11. The normalized spacial score (nSPS) is 14.9. The second-order valence-corrected chi connectivity index (χ2v) is 12.9. The summed E-state index contributed by atoms with van der Waals surface area (Å²) in [4.78, 5) is 52.1. The van der Waals surface area contributed by atoms with Gasteiger partial charge in [0.1, 0.15) is 18.1 Å². The molecule has 0 bridgehead atoms. The molecule has 6 rings (SSSR count). The predicted molar refractivity (Wildman–Crippen MR) is 184 cm³/mol. The van der Waals surface area contributed by atoms with Gasteiger partial charge in [-0.2, -0.15) is 13.2 Å². The highest BCUT2D eigenvalue weighted by Crippen LogP contribution is 2.36. The number of carbonyl (C=O) groups is 2. The molecule has 0 spiro atoms. The van der Waals surface area contributed by atoms with Crippen LogP contribution >= 0.6 is 15.9 Å². The van der Waals surface area contributed by atoms with E-state index >= 15 is 0 Å². The number of benzene rings is 3. The number of nitrogens with zero attached hydrogens (tertiary/aromatic N) is 5. The highest BCUT2D eigenvalue weighted by atomic mass is 79.9. The number of hydrogen-bond acceptors (Lipinski definition) is 7. The summed E-state index contributed by atoms with van der Waals surface area (Å²) in [5.74, 6) is -0.414. The van der Waals surface area contributed by atoms with E-state index in [1.54, 1.807) is 56.6 Å². The standard InChI is InChI=1S/C36H32BrF3N6O5/c1-21-18-45-30(19-44(21)34(49)23-8-13-29(37)28(16-23)36(38,39)40)31(46(35(45)50)25-9-11-26(12-10-25)51-20-22(2)47)33(48)43-17-24-6-3-4-7-27(24)32-41-14-5-15-42-32/h3-16,21-22,47H,17-20H2,1-2H3,(H,43,48)/t21-,22+/m1/s1. The number of imidazole rings is 1. The zero-order valence-corrected chi connectivity index (χ0v) is 29.0. The van der Waals surface area contributed by atoms with E-state index in [0.29, 0.717) is 28.4 Å². The maximum atomic E-state index is 14.2. The molecule has 0 aliphatic carbocycles. The van der Waals surface area contributed by atoms with Gasteiger partial charge in [-0.05, 0) is 67.9 Å². The Morgan fingerprint density at radius 3 is 2.45 bits per heavy atom. The van der Waals surface area contributed by atoms with Crippen LogP contribution in [0.4, 0.5) is 13.2 Å². The molecule has 0 fully saturated rings. The van der Waals surface area contributed by atoms with Crippen LogP contribution in [0.2, 0.25) is 0 Å². The van der Waals surface area contributed by atoms with E-state index in [0.717, 1.165) is 6.07 Å². The number of halogens is 4. The van der Waals surface area contributed by atoms with Gasteiger partial charge in [0, 0.05) is 47.1 Å². The Morgan fingerprint density at radius 1 is 1.06 bits per heavy atom. The van der Waals surface area contributed by atoms with Crippen molar-refractivity contribution >= 4 is 27.7 Å². The third kappa shape index (κ3) is 7.44. The Morgan fingerprint density at radius 2 is 1.76 bits per heavy atom. The van der Waals surface area contributed by atoms with E-state index in [4.69, 9.17) is 4.74 Å². The molecule has 0 radical (unpaired) electrons. The smallest absolute Gasteiger partial charge is 0.417 e. The minimum Gasteiger partial charge on any atom is -0.491 e. The summed E-state index contributed by atoms with van der Waals surface area (Å²) in [5.41, 5.74) is 0.194. The number of carbonyl (C=O) groups excluding carboxylic acids is 2. The van der Waals surface area contributed by atoms with Crippen LogP contribution in [-0.4, -0.2) is 59.7 Å². The van der Waals surface area contributed by atoms with Gasteiger partial charge in [-0.3, -0.25) is 18.7 Å². The fourth-order valence-corrected chi connectivity index (χ4v) is 6.37. The highest BCUT2D eigenvalue weighted by Gasteiger charge is 2.37. The van der Waals surface area contributed by atoms with Crippen molar-refractivity contribution in [1.82, 2.24) is 29.3 Å². The monoisotopic (exact) mass is 764 g/mol. The van der Waals surface area contributed by atoms with Crippen LogP contribution < -0.4 is 15.7 Å². The van der Waals surface area contributed by atoms with Crippen LogP contribution in [0.3, 0.4) is 0 Å². The molecule has 264 valence electrons. The van der Waals surface area contributed by atoms with E-state index < -0.39 is 41.4 Å². The lowest BCUT2D eigenvalue weighted by atomic mass is 10.1. The predicted octanol–water partition coefficient (Wildman–Crippen LogP) is 5.61. The van der Waals surface area contributed by atoms with Crippen molar-refractivity contribution in [2.75, 3.05) is 6.61 Å². The molecule has 3 heterocycles. The Kier molecular flexibility index (Phi) is 10.1. The first-order valence-corrected chi connectivity index (χ1v) is 16.7. The SMILES string of the molecule is C[C@H](O)COc1ccc(-n2c(C(=O)NCc3ccccc3-c3ncccn3)c3n(c2=O)C[C@@H](C)N(C(=O)c2ccc(Br)c(C(F)(F)F)c2)C3)cc1. The van der Waals surface area contributed by atoms with E-state index in [-0.39, 0.29) is 47.7 Å². The first-order valence-electron chi connectivity index (χ1n) is 15.9. The van der Waals surface area contributed by atoms with Crippen LogP contribution in [0.25, 0.3) is 17.1 Å². The molecule has 51 heavy (non-hydrogen) atoms. The molecule has 2 aromatic heterocycles. The number of amides is 2. The number of aliphatic hydroxyl groups excluding tert-OH is 1. The average molecular weight is 766 g/mol. The van der Waals surface area contributed by atoms with Crippen molar-refractivity contribution in [2.45, 2.75) is 51.8 Å². The molecular weight excluding hydrogens is 733 g/mol. The van der Waals surface area contributed by atoms with Crippen molar-refractivity contribution in [1.29, 1.82) is 0 Å². The Hall–Kier alpha value is -5.28. The molecular formula is C36H32BrF3N6O5. The summed E-state index contributed by atoms with van der Waals surface area (Å²) < 4.78 is 49.2. The molecule has 1 aliphatic rings. The molecule has 0 saturated carbocycles. The number of ether oxygens (including phenoxy) is 1. The average Bonchev–Trinajstić information content (AvgIpc) is 3.40. The van der Waals surface area contributed by atoms with E-state index in [1.165, 1.54) is 26.2 Å². The number of aromatic nitrogens is 4. The molecule has 5 aromatic rings. The van der Waals surface area contributed by atoms with Crippen molar-refractivity contribution in [3.63, 3.8) is 0 Å². The molecule has 11 nitrogen and oxygen atoms in total. The first kappa shape index (κ1) is 35.5. The van der Waals surface area contributed by atoms with Gasteiger partial charge >= 0.3 is 11.9 Å². The van der Waals surface area contributed by atoms with Gasteiger partial charge in [0.25, 0.3) is 11.8 Å². The van der Waals surface area contributed by atoms with Gasteiger partial charge < -0.3 is 20.1 Å². The van der Waals surface area contributed by atoms with Crippen LogP contribution in [0.5, 0.6) is 5.75 Å². The Labute approximate surface area is 298 Å². The van der Waals surface area contributed by atoms with E-state index in [9.17, 15) is 32.7 Å². The summed E-state index contributed by atoms with van der Waals surface area (Å²) >= 11 is 2.92. The lowest BCUT2D eigenvalue weighted by molar-refractivity contribution is -0.138. The van der Waals surface area contributed by atoms with Crippen molar-refractivity contribution in [3.8, 4) is 22.8 Å². The van der Waals surface area contributed by atoms with Crippen LogP contribution in [0.1, 0.15) is 51.5 Å². The van der Waals surface area contributed by atoms with E-state index in [2.05, 4.69) is 31.2 Å². The third-order valence-electron chi connectivity index (χ3n) is 8.39. The van der Waals surface area contributed by atoms with Crippen molar-refractivity contribution < 1.29 is 32.6 Å². The molecule has 2 atom stereocenters. The zero-order valence-electron chi connectivity index (χ0n) is 27.4. The second-order valence-electron chi connectivity index (χ2n) is 12.1. The zero-order chi connectivity index (χ0) is 36.4. The quantitative estimate of drug-likeness (QED) is 0.200. The summed E-state index contributed by atoms with van der Waals surface area (Å²) in [5, 5.41) is 12.5. The lowest BCUT2D eigenvalue weighted by Gasteiger charge is -2.34. The number of nitrogens with one attached hydrogen (secondary N) is 1. The van der Waals surface area contributed by atoms with Crippen molar-refractivity contribution in [3.05, 3.63) is 128 Å². The molecule has 15 heteroatoms. The molecule has 2 N–H and O–H groups in total. The molecule has 2 amide bonds. The number of fused-ring (bicyclic) bond motifs is 1. The third-order valence-corrected chi connectivity index (χ3v) is 9.08. The number of alkyl halides is 3. The van der Waals surface area contributed by atoms with Gasteiger partial charge in [0.2, 0.25) is 0 Å². The number of hydrogen-bond donors (Lipinski definition) is 2. The van der Waals surface area contributed by atoms with Crippen LogP contribution in [-0.2, 0) is 25.8 Å². The summed E-state index contributed by atoms with van der Waals surface area (Å²) in [7, 11) is 0. The van der Waals surface area contributed by atoms with E-state index in [1.807, 2.05) is 24.3 Å². The highest BCUT2D eigenvalue weighted by molar-refractivity contribution is 9.10. The number of aliphatic hydroxyl groups is 1. The van der Waals surface area contributed by atoms with Gasteiger partial charge in [0.05, 0.1) is 29.6 Å². The fraction of sp³-hybridized carbons (Fsp3) is 0.250. The molecule has 1 aliphatic heterocycles. The topological polar surface area (TPSA) is 132 Å². The molecule has 0 saturated heterocycles. The van der Waals surface area contributed by atoms with Gasteiger partial charge in [-0.1, -0.05) is 40.2 Å². The van der Waals surface area contributed by atoms with Crippen molar-refractivity contribution in [2.24, 2.45) is 0 Å². The first-order chi connectivity index (χ1) is 24.3. The van der Waals surface area contributed by atoms with Crippen LogP contribution in [0, 0.1) is 0 Å². The minimum atomic E-state index is -4.70. The summed E-state index contributed by atoms with van der Waals surface area (Å²) in [6, 6.07) is 18.0. The number of rotatable bonds is 9. The largest absolute Gasteiger partial charge is 0.491 e. The van der Waals surface area contributed by atoms with Gasteiger partial charge in [-0.25, -0.2) is 14.8 Å².